The molecule has 1 atom stereocenters. The Labute approximate surface area is 140 Å². The molecule has 0 saturated carbocycles. The smallest absolute Gasteiger partial charge is 0.257 e. The molecule has 1 aromatic heterocycles. The van der Waals surface area contributed by atoms with E-state index < -0.39 is 0 Å². The number of carbonyl (C=O) groups is 1. The Balaban J connectivity index is 0.00000192. The van der Waals surface area contributed by atoms with Crippen molar-refractivity contribution in [3.05, 3.63) is 47.5 Å². The van der Waals surface area contributed by atoms with E-state index in [1.54, 1.807) is 23.0 Å². The van der Waals surface area contributed by atoms with E-state index in [0.29, 0.717) is 12.1 Å². The van der Waals surface area contributed by atoms with Gasteiger partial charge < -0.3 is 10.2 Å². The Morgan fingerprint density at radius 1 is 1.35 bits per heavy atom. The van der Waals surface area contributed by atoms with Gasteiger partial charge in [0, 0.05) is 25.7 Å². The van der Waals surface area contributed by atoms with Gasteiger partial charge in [0.15, 0.2) is 0 Å². The van der Waals surface area contributed by atoms with Gasteiger partial charge in [-0.25, -0.2) is 9.07 Å². The zero-order valence-corrected chi connectivity index (χ0v) is 13.9. The van der Waals surface area contributed by atoms with E-state index in [4.69, 9.17) is 0 Å². The fraction of sp³-hybridized carbons (Fsp3) is 0.375. The van der Waals surface area contributed by atoms with Gasteiger partial charge in [0.2, 0.25) is 0 Å². The Morgan fingerprint density at radius 2 is 2.04 bits per heavy atom. The minimum absolute atomic E-state index is 0. The Kier molecular flexibility index (Phi) is 5.38. The van der Waals surface area contributed by atoms with E-state index in [1.807, 2.05) is 18.7 Å². The summed E-state index contributed by atoms with van der Waals surface area (Å²) < 4.78 is 14.7. The Morgan fingerprint density at radius 3 is 2.70 bits per heavy atom. The number of carbonyl (C=O) groups excluding carboxylic acids is 1. The standard InChI is InChI=1S/C16H19FN4O.ClH/c1-11-9-18-7-8-20(11)16(22)15-10-19-21(12(15)2)14-5-3-13(17)4-6-14;/h3-6,10-11,18H,7-9H2,1-2H3;1H/t11-;/m1./s1. The summed E-state index contributed by atoms with van der Waals surface area (Å²) in [6.45, 7) is 6.19. The lowest BCUT2D eigenvalue weighted by Crippen LogP contribution is -2.52. The molecule has 7 heteroatoms. The molecule has 1 aliphatic rings. The van der Waals surface area contributed by atoms with E-state index in [0.717, 1.165) is 24.5 Å². The van der Waals surface area contributed by atoms with Gasteiger partial charge in [0.1, 0.15) is 5.82 Å². The fourth-order valence-corrected chi connectivity index (χ4v) is 2.76. The number of nitrogens with zero attached hydrogens (tertiary/aromatic N) is 3. The molecule has 1 saturated heterocycles. The molecule has 1 N–H and O–H groups in total. The number of nitrogens with one attached hydrogen (secondary N) is 1. The summed E-state index contributed by atoms with van der Waals surface area (Å²) in [5, 5.41) is 7.56. The molecule has 1 amide bonds. The highest BCUT2D eigenvalue weighted by Crippen LogP contribution is 2.18. The molecular weight excluding hydrogens is 319 g/mol. The van der Waals surface area contributed by atoms with Gasteiger partial charge in [-0.3, -0.25) is 4.79 Å². The molecule has 1 aromatic carbocycles. The summed E-state index contributed by atoms with van der Waals surface area (Å²) >= 11 is 0. The lowest BCUT2D eigenvalue weighted by Gasteiger charge is -2.33. The van der Waals surface area contributed by atoms with Gasteiger partial charge in [0.05, 0.1) is 23.1 Å². The van der Waals surface area contributed by atoms with Crippen molar-refractivity contribution in [2.24, 2.45) is 0 Å². The molecule has 5 nitrogen and oxygen atoms in total. The molecule has 1 aliphatic heterocycles. The second kappa shape index (κ2) is 7.10. The topological polar surface area (TPSA) is 50.2 Å². The molecule has 2 aromatic rings. The predicted molar refractivity (Wildman–Crippen MR) is 88.9 cm³/mol. The SMILES string of the molecule is Cc1c(C(=O)N2CCNC[C@H]2C)cnn1-c1ccc(F)cc1.Cl. The first-order valence-electron chi connectivity index (χ1n) is 7.40. The second-order valence-corrected chi connectivity index (χ2v) is 5.58. The number of halogens is 2. The van der Waals surface area contributed by atoms with Crippen molar-refractivity contribution in [2.45, 2.75) is 19.9 Å². The van der Waals surface area contributed by atoms with Gasteiger partial charge in [-0.2, -0.15) is 5.10 Å². The summed E-state index contributed by atoms with van der Waals surface area (Å²) in [5.41, 5.74) is 2.10. The average molecular weight is 339 g/mol. The molecular formula is C16H20ClFN4O. The molecule has 0 aliphatic carbocycles. The molecule has 0 unspecified atom stereocenters. The van der Waals surface area contributed by atoms with Crippen LogP contribution in [0, 0.1) is 12.7 Å². The van der Waals surface area contributed by atoms with Crippen LogP contribution in [0.4, 0.5) is 4.39 Å². The van der Waals surface area contributed by atoms with Crippen molar-refractivity contribution in [1.82, 2.24) is 20.0 Å². The quantitative estimate of drug-likeness (QED) is 0.913. The maximum absolute atomic E-state index is 13.0. The van der Waals surface area contributed by atoms with Crippen LogP contribution in [0.25, 0.3) is 5.69 Å². The molecule has 1 fully saturated rings. The summed E-state index contributed by atoms with van der Waals surface area (Å²) in [6, 6.07) is 6.23. The van der Waals surface area contributed by atoms with Crippen LogP contribution in [0.5, 0.6) is 0 Å². The first-order chi connectivity index (χ1) is 10.6. The molecule has 0 spiro atoms. The van der Waals surface area contributed by atoms with Crippen LogP contribution in [0.3, 0.4) is 0 Å². The number of piperazine rings is 1. The second-order valence-electron chi connectivity index (χ2n) is 5.58. The van der Waals surface area contributed by atoms with E-state index >= 15 is 0 Å². The molecule has 2 heterocycles. The van der Waals surface area contributed by atoms with Gasteiger partial charge in [-0.1, -0.05) is 0 Å². The van der Waals surface area contributed by atoms with Crippen LogP contribution in [0.2, 0.25) is 0 Å². The van der Waals surface area contributed by atoms with E-state index in [-0.39, 0.29) is 30.2 Å². The summed E-state index contributed by atoms with van der Waals surface area (Å²) in [7, 11) is 0. The van der Waals surface area contributed by atoms with E-state index in [9.17, 15) is 9.18 Å². The molecule has 124 valence electrons. The van der Waals surface area contributed by atoms with Crippen LogP contribution in [-0.4, -0.2) is 46.3 Å². The Hall–Kier alpha value is -1.92. The molecule has 3 rings (SSSR count). The molecule has 0 radical (unpaired) electrons. The van der Waals surface area contributed by atoms with Crippen LogP contribution < -0.4 is 5.32 Å². The lowest BCUT2D eigenvalue weighted by molar-refractivity contribution is 0.0655. The number of amides is 1. The predicted octanol–water partition coefficient (Wildman–Crippen LogP) is 2.18. The zero-order valence-electron chi connectivity index (χ0n) is 13.1. The van der Waals surface area contributed by atoms with Crippen LogP contribution in [-0.2, 0) is 0 Å². The van der Waals surface area contributed by atoms with Gasteiger partial charge in [-0.15, -0.1) is 12.4 Å². The van der Waals surface area contributed by atoms with Crippen LogP contribution >= 0.6 is 12.4 Å². The maximum Gasteiger partial charge on any atom is 0.257 e. The monoisotopic (exact) mass is 338 g/mol. The van der Waals surface area contributed by atoms with Crippen molar-refractivity contribution in [3.63, 3.8) is 0 Å². The first kappa shape index (κ1) is 17.4. The number of benzene rings is 1. The number of aromatic nitrogens is 2. The van der Waals surface area contributed by atoms with Crippen molar-refractivity contribution in [1.29, 1.82) is 0 Å². The van der Waals surface area contributed by atoms with Crippen molar-refractivity contribution >= 4 is 18.3 Å². The van der Waals surface area contributed by atoms with E-state index in [2.05, 4.69) is 10.4 Å². The zero-order chi connectivity index (χ0) is 15.7. The van der Waals surface area contributed by atoms with Crippen LogP contribution in [0.15, 0.2) is 30.5 Å². The highest BCUT2D eigenvalue weighted by molar-refractivity contribution is 5.95. The lowest BCUT2D eigenvalue weighted by atomic mass is 10.1. The van der Waals surface area contributed by atoms with Gasteiger partial charge >= 0.3 is 0 Å². The third-order valence-electron chi connectivity index (χ3n) is 4.07. The van der Waals surface area contributed by atoms with Crippen molar-refractivity contribution in [3.8, 4) is 5.69 Å². The van der Waals surface area contributed by atoms with Crippen LogP contribution in [0.1, 0.15) is 23.0 Å². The highest BCUT2D eigenvalue weighted by Gasteiger charge is 2.26. The molecule has 23 heavy (non-hydrogen) atoms. The third-order valence-corrected chi connectivity index (χ3v) is 4.07. The van der Waals surface area contributed by atoms with Gasteiger partial charge in [0.25, 0.3) is 5.91 Å². The van der Waals surface area contributed by atoms with E-state index in [1.165, 1.54) is 12.1 Å². The number of rotatable bonds is 2. The van der Waals surface area contributed by atoms with Crippen molar-refractivity contribution < 1.29 is 9.18 Å². The fourth-order valence-electron chi connectivity index (χ4n) is 2.76. The molecule has 0 bridgehead atoms. The van der Waals surface area contributed by atoms with Crippen molar-refractivity contribution in [2.75, 3.05) is 19.6 Å². The summed E-state index contributed by atoms with van der Waals surface area (Å²) in [4.78, 5) is 14.6. The number of hydrogen-bond acceptors (Lipinski definition) is 3. The highest BCUT2D eigenvalue weighted by atomic mass is 35.5. The minimum atomic E-state index is -0.292. The largest absolute Gasteiger partial charge is 0.333 e. The minimum Gasteiger partial charge on any atom is -0.333 e. The summed E-state index contributed by atoms with van der Waals surface area (Å²) in [6.07, 6.45) is 1.59. The van der Waals surface area contributed by atoms with Gasteiger partial charge in [-0.05, 0) is 38.1 Å². The maximum atomic E-state index is 13.0. The normalized spacial score (nSPS) is 17.7. The first-order valence-corrected chi connectivity index (χ1v) is 7.40. The third kappa shape index (κ3) is 3.38. The summed E-state index contributed by atoms with van der Waals surface area (Å²) in [5.74, 6) is -0.292. The Bertz CT molecular complexity index is 686. The average Bonchev–Trinajstić information content (AvgIpc) is 2.90. The number of hydrogen-bond donors (Lipinski definition) is 1.